The smallest absolute Gasteiger partial charge is 0.247 e. The zero-order chi connectivity index (χ0) is 18.0. The Bertz CT molecular complexity index is 802. The Morgan fingerprint density at radius 1 is 1.28 bits per heavy atom. The van der Waals surface area contributed by atoms with Gasteiger partial charge in [0.15, 0.2) is 17.5 Å². The molecule has 1 unspecified atom stereocenters. The number of benzene rings is 1. The van der Waals surface area contributed by atoms with Gasteiger partial charge in [0.1, 0.15) is 6.04 Å². The maximum atomic E-state index is 13.1. The van der Waals surface area contributed by atoms with E-state index >= 15 is 0 Å². The van der Waals surface area contributed by atoms with E-state index in [0.717, 1.165) is 30.7 Å². The van der Waals surface area contributed by atoms with E-state index in [9.17, 15) is 18.4 Å². The number of H-pyrrole nitrogens is 1. The number of carbonyl (C=O) groups excluding carboxylic acids is 2. The van der Waals surface area contributed by atoms with Crippen molar-refractivity contribution in [2.75, 3.05) is 5.32 Å². The lowest BCUT2D eigenvalue weighted by Crippen LogP contribution is -2.42. The highest BCUT2D eigenvalue weighted by atomic mass is 19.2. The number of carbonyl (C=O) groups is 2. The molecule has 0 saturated heterocycles. The average Bonchev–Trinajstić information content (AvgIpc) is 3.31. The SMILES string of the molecule is CC(NC(=O)Cc1ccc(F)c(F)c1)C(=O)Nc1cc(C2CC2)[nH]n1. The Morgan fingerprint density at radius 3 is 2.72 bits per heavy atom. The summed E-state index contributed by atoms with van der Waals surface area (Å²) < 4.78 is 26.0. The van der Waals surface area contributed by atoms with E-state index in [1.54, 1.807) is 6.07 Å². The van der Waals surface area contributed by atoms with Crippen LogP contribution in [-0.4, -0.2) is 28.1 Å². The van der Waals surface area contributed by atoms with Crippen molar-refractivity contribution in [3.8, 4) is 0 Å². The van der Waals surface area contributed by atoms with Crippen LogP contribution in [0.5, 0.6) is 0 Å². The summed E-state index contributed by atoms with van der Waals surface area (Å²) in [6, 6.07) is 4.24. The number of hydrogen-bond acceptors (Lipinski definition) is 3. The van der Waals surface area contributed by atoms with Gasteiger partial charge in [0.25, 0.3) is 0 Å². The van der Waals surface area contributed by atoms with E-state index in [0.29, 0.717) is 17.3 Å². The molecule has 1 heterocycles. The number of nitrogens with one attached hydrogen (secondary N) is 3. The van der Waals surface area contributed by atoms with Crippen LogP contribution in [0, 0.1) is 11.6 Å². The van der Waals surface area contributed by atoms with Gasteiger partial charge in [0.05, 0.1) is 6.42 Å². The van der Waals surface area contributed by atoms with Crippen molar-refractivity contribution >= 4 is 17.6 Å². The van der Waals surface area contributed by atoms with Crippen LogP contribution in [0.4, 0.5) is 14.6 Å². The second-order valence-corrected chi connectivity index (χ2v) is 6.19. The molecule has 6 nitrogen and oxygen atoms in total. The van der Waals surface area contributed by atoms with Crippen molar-refractivity contribution < 1.29 is 18.4 Å². The molecule has 1 aliphatic rings. The van der Waals surface area contributed by atoms with E-state index in [2.05, 4.69) is 20.8 Å². The molecule has 1 fully saturated rings. The monoisotopic (exact) mass is 348 g/mol. The van der Waals surface area contributed by atoms with Crippen molar-refractivity contribution in [1.82, 2.24) is 15.5 Å². The number of anilines is 1. The highest BCUT2D eigenvalue weighted by molar-refractivity contribution is 5.96. The largest absolute Gasteiger partial charge is 0.344 e. The van der Waals surface area contributed by atoms with Gasteiger partial charge in [-0.15, -0.1) is 0 Å². The van der Waals surface area contributed by atoms with Crippen molar-refractivity contribution in [3.63, 3.8) is 0 Å². The number of aromatic amines is 1. The van der Waals surface area contributed by atoms with Crippen LogP contribution < -0.4 is 10.6 Å². The Labute approximate surface area is 143 Å². The molecule has 2 amide bonds. The molecule has 0 radical (unpaired) electrons. The third kappa shape index (κ3) is 4.40. The standard InChI is InChI=1S/C17H18F2N4O2/c1-9(17(25)21-15-8-14(22-23-15)11-3-4-11)20-16(24)7-10-2-5-12(18)13(19)6-10/h2,5-6,8-9,11H,3-4,7H2,1H3,(H,20,24)(H2,21,22,23,25). The van der Waals surface area contributed by atoms with Gasteiger partial charge in [0.2, 0.25) is 11.8 Å². The van der Waals surface area contributed by atoms with E-state index in [1.807, 2.05) is 0 Å². The number of amides is 2. The molecule has 1 saturated carbocycles. The van der Waals surface area contributed by atoms with Crippen LogP contribution in [0.25, 0.3) is 0 Å². The van der Waals surface area contributed by atoms with Crippen molar-refractivity contribution in [2.24, 2.45) is 0 Å². The first-order chi connectivity index (χ1) is 11.9. The fourth-order valence-corrected chi connectivity index (χ4v) is 2.43. The molecule has 1 aromatic heterocycles. The van der Waals surface area contributed by atoms with Crippen LogP contribution >= 0.6 is 0 Å². The predicted octanol–water partition coefficient (Wildman–Crippen LogP) is 2.25. The van der Waals surface area contributed by atoms with Gasteiger partial charge in [-0.2, -0.15) is 5.10 Å². The van der Waals surface area contributed by atoms with Gasteiger partial charge < -0.3 is 10.6 Å². The van der Waals surface area contributed by atoms with Gasteiger partial charge in [-0.05, 0) is 37.5 Å². The maximum Gasteiger partial charge on any atom is 0.247 e. The van der Waals surface area contributed by atoms with Crippen LogP contribution in [0.15, 0.2) is 24.3 Å². The van der Waals surface area contributed by atoms with E-state index in [4.69, 9.17) is 0 Å². The summed E-state index contributed by atoms with van der Waals surface area (Å²) in [5.41, 5.74) is 1.32. The first-order valence-electron chi connectivity index (χ1n) is 8.02. The van der Waals surface area contributed by atoms with Gasteiger partial charge in [-0.1, -0.05) is 6.07 Å². The quantitative estimate of drug-likeness (QED) is 0.748. The lowest BCUT2D eigenvalue weighted by Gasteiger charge is -2.13. The molecule has 0 aliphatic heterocycles. The first kappa shape index (κ1) is 17.1. The minimum absolute atomic E-state index is 0.150. The molecule has 1 aliphatic carbocycles. The molecule has 3 rings (SSSR count). The Hall–Kier alpha value is -2.77. The fraction of sp³-hybridized carbons (Fsp3) is 0.353. The third-order valence-electron chi connectivity index (χ3n) is 3.99. The molecular weight excluding hydrogens is 330 g/mol. The molecule has 1 atom stereocenters. The van der Waals surface area contributed by atoms with Crippen molar-refractivity contribution in [1.29, 1.82) is 0 Å². The zero-order valence-electron chi connectivity index (χ0n) is 13.6. The van der Waals surface area contributed by atoms with Crippen molar-refractivity contribution in [3.05, 3.63) is 47.2 Å². The Morgan fingerprint density at radius 2 is 2.04 bits per heavy atom. The van der Waals surface area contributed by atoms with Crippen LogP contribution in [-0.2, 0) is 16.0 Å². The maximum absolute atomic E-state index is 13.1. The van der Waals surface area contributed by atoms with E-state index < -0.39 is 29.5 Å². The first-order valence-corrected chi connectivity index (χ1v) is 8.02. The van der Waals surface area contributed by atoms with Crippen LogP contribution in [0.3, 0.4) is 0 Å². The second kappa shape index (κ2) is 7.00. The number of nitrogens with zero attached hydrogens (tertiary/aromatic N) is 1. The van der Waals surface area contributed by atoms with Gasteiger partial charge in [-0.3, -0.25) is 14.7 Å². The summed E-state index contributed by atoms with van der Waals surface area (Å²) in [6.45, 7) is 1.53. The minimum atomic E-state index is -1.01. The summed E-state index contributed by atoms with van der Waals surface area (Å²) in [7, 11) is 0. The minimum Gasteiger partial charge on any atom is -0.344 e. The van der Waals surface area contributed by atoms with Gasteiger partial charge >= 0.3 is 0 Å². The molecule has 3 N–H and O–H groups in total. The Balaban J connectivity index is 1.51. The summed E-state index contributed by atoms with van der Waals surface area (Å²) in [5.74, 6) is -1.95. The zero-order valence-corrected chi connectivity index (χ0v) is 13.6. The second-order valence-electron chi connectivity index (χ2n) is 6.19. The molecule has 0 bridgehead atoms. The molecule has 132 valence electrons. The summed E-state index contributed by atoms with van der Waals surface area (Å²) in [4.78, 5) is 24.1. The van der Waals surface area contributed by atoms with E-state index in [1.165, 1.54) is 13.0 Å². The fourth-order valence-electron chi connectivity index (χ4n) is 2.43. The summed E-state index contributed by atoms with van der Waals surface area (Å²) in [5, 5.41) is 12.0. The normalized spacial score (nSPS) is 14.8. The van der Waals surface area contributed by atoms with Crippen LogP contribution in [0.2, 0.25) is 0 Å². The highest BCUT2D eigenvalue weighted by Crippen LogP contribution is 2.39. The average molecular weight is 348 g/mol. The van der Waals surface area contributed by atoms with Gasteiger partial charge in [0, 0.05) is 17.7 Å². The number of hydrogen-bond donors (Lipinski definition) is 3. The molecule has 8 heteroatoms. The molecular formula is C17H18F2N4O2. The molecule has 1 aromatic carbocycles. The number of aromatic nitrogens is 2. The van der Waals surface area contributed by atoms with Gasteiger partial charge in [-0.25, -0.2) is 8.78 Å². The Kier molecular flexibility index (Phi) is 4.78. The summed E-state index contributed by atoms with van der Waals surface area (Å²) in [6.07, 6.45) is 2.08. The van der Waals surface area contributed by atoms with E-state index in [-0.39, 0.29) is 6.42 Å². The molecule has 0 spiro atoms. The molecule has 2 aromatic rings. The number of rotatable bonds is 6. The lowest BCUT2D eigenvalue weighted by molar-refractivity contribution is -0.125. The third-order valence-corrected chi connectivity index (χ3v) is 3.99. The lowest BCUT2D eigenvalue weighted by atomic mass is 10.1. The molecule has 25 heavy (non-hydrogen) atoms. The highest BCUT2D eigenvalue weighted by Gasteiger charge is 2.26. The number of halogens is 2. The topological polar surface area (TPSA) is 86.9 Å². The van der Waals surface area contributed by atoms with Crippen LogP contribution in [0.1, 0.15) is 36.9 Å². The van der Waals surface area contributed by atoms with Crippen molar-refractivity contribution in [2.45, 2.75) is 38.1 Å². The predicted molar refractivity (Wildman–Crippen MR) is 86.9 cm³/mol. The summed E-state index contributed by atoms with van der Waals surface area (Å²) >= 11 is 0.